The van der Waals surface area contributed by atoms with E-state index in [4.69, 9.17) is 10.7 Å². The third kappa shape index (κ3) is 3.27. The molecule has 3 N–H and O–H groups in total. The highest BCUT2D eigenvalue weighted by Gasteiger charge is 2.15. The number of hydrogen-bond acceptors (Lipinski definition) is 2. The molecule has 3 rings (SSSR count). The standard InChI is InChI=1S/C16H22BrN5/c1-2-22-14-8-7-11(17)9-13(14)21-15(22)10-19-16(18)20-12-5-3-4-6-12/h7-9,12H,2-6,10H2,1H3,(H3,18,19,20). The number of aromatic nitrogens is 2. The summed E-state index contributed by atoms with van der Waals surface area (Å²) in [6.07, 6.45) is 4.95. The van der Waals surface area contributed by atoms with Gasteiger partial charge < -0.3 is 15.6 Å². The van der Waals surface area contributed by atoms with Crippen LogP contribution in [0.3, 0.4) is 0 Å². The minimum absolute atomic E-state index is 0.490. The molecule has 0 amide bonds. The maximum Gasteiger partial charge on any atom is 0.189 e. The lowest BCUT2D eigenvalue weighted by Gasteiger charge is -2.12. The highest BCUT2D eigenvalue weighted by atomic mass is 79.9. The van der Waals surface area contributed by atoms with Crippen molar-refractivity contribution in [2.24, 2.45) is 10.7 Å². The summed E-state index contributed by atoms with van der Waals surface area (Å²) in [7, 11) is 0. The van der Waals surface area contributed by atoms with Crippen LogP contribution in [0, 0.1) is 0 Å². The molecule has 1 heterocycles. The SMILES string of the molecule is CCn1c(CN=C(N)NC2CCCC2)nc2cc(Br)ccc21. The molecule has 1 saturated carbocycles. The van der Waals surface area contributed by atoms with E-state index in [-0.39, 0.29) is 0 Å². The zero-order chi connectivity index (χ0) is 15.5. The van der Waals surface area contributed by atoms with Crippen LogP contribution in [0.5, 0.6) is 0 Å². The van der Waals surface area contributed by atoms with Crippen molar-refractivity contribution in [3.05, 3.63) is 28.5 Å². The lowest BCUT2D eigenvalue weighted by Crippen LogP contribution is -2.38. The Kier molecular flexibility index (Phi) is 4.66. The number of guanidine groups is 1. The Morgan fingerprint density at radius 3 is 2.95 bits per heavy atom. The zero-order valence-corrected chi connectivity index (χ0v) is 14.4. The zero-order valence-electron chi connectivity index (χ0n) is 12.8. The number of benzene rings is 1. The number of nitrogens with one attached hydrogen (secondary N) is 1. The second kappa shape index (κ2) is 6.69. The average Bonchev–Trinajstić information content (AvgIpc) is 3.11. The molecule has 0 spiro atoms. The van der Waals surface area contributed by atoms with E-state index in [1.165, 1.54) is 25.7 Å². The molecule has 0 atom stereocenters. The second-order valence-corrected chi connectivity index (χ2v) is 6.65. The quantitative estimate of drug-likeness (QED) is 0.647. The molecule has 1 fully saturated rings. The van der Waals surface area contributed by atoms with E-state index < -0.39 is 0 Å². The number of rotatable bonds is 4. The van der Waals surface area contributed by atoms with Crippen LogP contribution in [-0.2, 0) is 13.1 Å². The van der Waals surface area contributed by atoms with Gasteiger partial charge in [-0.05, 0) is 38.0 Å². The number of nitrogens with two attached hydrogens (primary N) is 1. The van der Waals surface area contributed by atoms with E-state index in [1.54, 1.807) is 0 Å². The third-order valence-electron chi connectivity index (χ3n) is 4.20. The number of aliphatic imine (C=N–C) groups is 1. The Balaban J connectivity index is 1.77. The molecule has 22 heavy (non-hydrogen) atoms. The van der Waals surface area contributed by atoms with Gasteiger partial charge in [0.1, 0.15) is 12.4 Å². The van der Waals surface area contributed by atoms with Gasteiger partial charge in [-0.25, -0.2) is 9.98 Å². The highest BCUT2D eigenvalue weighted by molar-refractivity contribution is 9.10. The van der Waals surface area contributed by atoms with Crippen molar-refractivity contribution in [3.63, 3.8) is 0 Å². The van der Waals surface area contributed by atoms with E-state index in [1.807, 2.05) is 12.1 Å². The van der Waals surface area contributed by atoms with Crippen molar-refractivity contribution < 1.29 is 0 Å². The van der Waals surface area contributed by atoms with Crippen LogP contribution in [0.25, 0.3) is 11.0 Å². The molecular weight excluding hydrogens is 342 g/mol. The first-order chi connectivity index (χ1) is 10.7. The predicted octanol–water partition coefficient (Wildman–Crippen LogP) is 3.17. The fraction of sp³-hybridized carbons (Fsp3) is 0.500. The molecule has 0 aliphatic heterocycles. The van der Waals surface area contributed by atoms with Gasteiger partial charge in [-0.3, -0.25) is 0 Å². The molecule has 5 nitrogen and oxygen atoms in total. The predicted molar refractivity (Wildman–Crippen MR) is 93.8 cm³/mol. The van der Waals surface area contributed by atoms with Crippen molar-refractivity contribution in [1.82, 2.24) is 14.9 Å². The average molecular weight is 364 g/mol. The van der Waals surface area contributed by atoms with E-state index in [0.29, 0.717) is 18.5 Å². The molecule has 0 bridgehead atoms. The Bertz CT molecular complexity index is 685. The Morgan fingerprint density at radius 2 is 2.23 bits per heavy atom. The van der Waals surface area contributed by atoms with Crippen LogP contribution in [0.15, 0.2) is 27.7 Å². The maximum atomic E-state index is 6.01. The summed E-state index contributed by atoms with van der Waals surface area (Å²) in [6, 6.07) is 6.65. The largest absolute Gasteiger partial charge is 0.370 e. The minimum Gasteiger partial charge on any atom is -0.370 e. The van der Waals surface area contributed by atoms with E-state index in [9.17, 15) is 0 Å². The Labute approximate surface area is 139 Å². The molecule has 0 radical (unpaired) electrons. The van der Waals surface area contributed by atoms with Gasteiger partial charge in [0.25, 0.3) is 0 Å². The van der Waals surface area contributed by atoms with Crippen LogP contribution >= 0.6 is 15.9 Å². The molecule has 2 aromatic rings. The first kappa shape index (κ1) is 15.3. The van der Waals surface area contributed by atoms with Crippen LogP contribution < -0.4 is 11.1 Å². The first-order valence-corrected chi connectivity index (χ1v) is 8.68. The number of halogens is 1. The van der Waals surface area contributed by atoms with Crippen molar-refractivity contribution in [3.8, 4) is 0 Å². The van der Waals surface area contributed by atoms with Crippen molar-refractivity contribution in [2.75, 3.05) is 0 Å². The van der Waals surface area contributed by atoms with Gasteiger partial charge in [0.05, 0.1) is 11.0 Å². The highest BCUT2D eigenvalue weighted by Crippen LogP contribution is 2.21. The van der Waals surface area contributed by atoms with Crippen LogP contribution in [0.1, 0.15) is 38.4 Å². The Morgan fingerprint density at radius 1 is 1.45 bits per heavy atom. The molecule has 1 aliphatic rings. The second-order valence-electron chi connectivity index (χ2n) is 5.73. The van der Waals surface area contributed by atoms with Crippen molar-refractivity contribution >= 4 is 32.9 Å². The topological polar surface area (TPSA) is 68.2 Å². The van der Waals surface area contributed by atoms with Gasteiger partial charge in [-0.15, -0.1) is 0 Å². The molecule has 6 heteroatoms. The van der Waals surface area contributed by atoms with Gasteiger partial charge in [-0.2, -0.15) is 0 Å². The molecule has 1 aromatic carbocycles. The summed E-state index contributed by atoms with van der Waals surface area (Å²) < 4.78 is 3.23. The Hall–Kier alpha value is -1.56. The fourth-order valence-electron chi connectivity index (χ4n) is 3.11. The summed E-state index contributed by atoms with van der Waals surface area (Å²) in [5, 5.41) is 3.31. The lowest BCUT2D eigenvalue weighted by atomic mass is 10.2. The van der Waals surface area contributed by atoms with Crippen LogP contribution in [0.2, 0.25) is 0 Å². The first-order valence-electron chi connectivity index (χ1n) is 7.88. The molecular formula is C16H22BrN5. The molecule has 1 aliphatic carbocycles. The minimum atomic E-state index is 0.490. The number of nitrogens with zero attached hydrogens (tertiary/aromatic N) is 3. The molecule has 118 valence electrons. The van der Waals surface area contributed by atoms with Gasteiger partial charge in [0, 0.05) is 17.1 Å². The van der Waals surface area contributed by atoms with Gasteiger partial charge in [0.2, 0.25) is 0 Å². The van der Waals surface area contributed by atoms with E-state index in [2.05, 4.69) is 43.8 Å². The van der Waals surface area contributed by atoms with Gasteiger partial charge in [-0.1, -0.05) is 28.8 Å². The normalized spacial score (nSPS) is 16.5. The molecule has 0 unspecified atom stereocenters. The van der Waals surface area contributed by atoms with Crippen LogP contribution in [-0.4, -0.2) is 21.6 Å². The summed E-state index contributed by atoms with van der Waals surface area (Å²) in [5.74, 6) is 1.48. The third-order valence-corrected chi connectivity index (χ3v) is 4.70. The lowest BCUT2D eigenvalue weighted by molar-refractivity contribution is 0.623. The van der Waals surface area contributed by atoms with Gasteiger partial charge in [0.15, 0.2) is 5.96 Å². The summed E-state index contributed by atoms with van der Waals surface area (Å²) >= 11 is 3.49. The monoisotopic (exact) mass is 363 g/mol. The number of fused-ring (bicyclic) bond motifs is 1. The smallest absolute Gasteiger partial charge is 0.189 e. The number of aryl methyl sites for hydroxylation is 1. The molecule has 1 aromatic heterocycles. The summed E-state index contributed by atoms with van der Waals surface area (Å²) in [4.78, 5) is 9.16. The number of hydrogen-bond donors (Lipinski definition) is 2. The number of imidazole rings is 1. The fourth-order valence-corrected chi connectivity index (χ4v) is 3.46. The maximum absolute atomic E-state index is 6.01. The summed E-state index contributed by atoms with van der Waals surface area (Å²) in [5.41, 5.74) is 8.13. The summed E-state index contributed by atoms with van der Waals surface area (Å²) in [6.45, 7) is 3.50. The van der Waals surface area contributed by atoms with E-state index in [0.717, 1.165) is 27.9 Å². The van der Waals surface area contributed by atoms with Crippen LogP contribution in [0.4, 0.5) is 0 Å². The molecule has 0 saturated heterocycles. The van der Waals surface area contributed by atoms with Crippen molar-refractivity contribution in [2.45, 2.75) is 51.7 Å². The van der Waals surface area contributed by atoms with Gasteiger partial charge >= 0.3 is 0 Å². The van der Waals surface area contributed by atoms with Crippen molar-refractivity contribution in [1.29, 1.82) is 0 Å². The van der Waals surface area contributed by atoms with E-state index >= 15 is 0 Å².